The third-order valence-corrected chi connectivity index (χ3v) is 5.85. The second-order valence-electron chi connectivity index (χ2n) is 11.1. The molecule has 0 spiro atoms. The number of aryl methyl sites for hydroxylation is 14. The monoisotopic (exact) mass is 782 g/mol. The van der Waals surface area contributed by atoms with Crippen molar-refractivity contribution >= 4 is 0 Å². The van der Waals surface area contributed by atoms with Gasteiger partial charge in [-0.3, -0.25) is 13.8 Å². The molecule has 23 heteroatoms. The zero-order valence-electron chi connectivity index (χ0n) is 34.4. The molecule has 0 aromatic carbocycles. The lowest BCUT2D eigenvalue weighted by Gasteiger charge is -1.84. The Hall–Kier alpha value is -6.94. The average Bonchev–Trinajstić information content (AvgIpc) is 4.03. The van der Waals surface area contributed by atoms with E-state index in [9.17, 15) is 4.79 Å². The molecule has 8 heterocycles. The van der Waals surface area contributed by atoms with E-state index >= 15 is 0 Å². The van der Waals surface area contributed by atoms with E-state index in [1.54, 1.807) is 86.6 Å². The van der Waals surface area contributed by atoms with Gasteiger partial charge in [-0.15, -0.1) is 20.4 Å². The Balaban J connectivity index is 0.000000320. The molecule has 8 aromatic rings. The van der Waals surface area contributed by atoms with Crippen LogP contribution in [0.2, 0.25) is 0 Å². The first kappa shape index (κ1) is 47.1. The van der Waals surface area contributed by atoms with Gasteiger partial charge in [0.2, 0.25) is 23.6 Å². The SMILES string of the molecule is Cc1ccco1.Cc1cnc(C)o1.Cc1ncnn1C.Cc1nnc(C)o1.Cc1nnn(C)n1.Cc1noc(=O)n1C.Cc1noc(C)n1.Cc1noc(C)n1. The standard InChI is InChI=1S/C5H7NO.C5H6O.C4H7N3.C4H6N2O2.3C4H6N2O.C3H6N4/c1-4-3-6-5(2)7-4;1-5-3-2-4-6-5;1-4-5-3-6-7(4)2;1-3-5-8-4(7)6(3)2;1-3-5-6-4(2)7-3;2*1-3-5-4(2)7-6-3;1-3-4-6-7(2)5-3/h3H,1-2H3;2-4H,1H3;3H,1-2H3;1-2H3;4*1-2H3. The summed E-state index contributed by atoms with van der Waals surface area (Å²) >= 11 is 0. The van der Waals surface area contributed by atoms with E-state index in [-0.39, 0.29) is 0 Å². The van der Waals surface area contributed by atoms with Crippen LogP contribution in [0.5, 0.6) is 0 Å². The maximum atomic E-state index is 10.4. The molecular weight excluding hydrogens is 732 g/mol. The first-order chi connectivity index (χ1) is 26.4. The van der Waals surface area contributed by atoms with Crippen molar-refractivity contribution in [3.8, 4) is 0 Å². The van der Waals surface area contributed by atoms with Crippen molar-refractivity contribution in [1.82, 2.24) is 80.2 Å². The molecule has 56 heavy (non-hydrogen) atoms. The molecule has 0 bridgehead atoms. The van der Waals surface area contributed by atoms with E-state index in [1.807, 2.05) is 46.9 Å². The van der Waals surface area contributed by atoms with E-state index in [0.29, 0.717) is 46.9 Å². The van der Waals surface area contributed by atoms with E-state index in [4.69, 9.17) is 13.3 Å². The van der Waals surface area contributed by atoms with Gasteiger partial charge in [0.25, 0.3) is 0 Å². The number of rotatable bonds is 0. The van der Waals surface area contributed by atoms with Crippen molar-refractivity contribution in [3.05, 3.63) is 112 Å². The highest BCUT2D eigenvalue weighted by Crippen LogP contribution is 1.97. The maximum absolute atomic E-state index is 10.4. The topological polar surface area (TPSA) is 278 Å². The number of hydrogen-bond donors (Lipinski definition) is 0. The molecule has 0 radical (unpaired) electrons. The molecule has 0 saturated heterocycles. The Kier molecular flexibility index (Phi) is 21.1. The van der Waals surface area contributed by atoms with Crippen LogP contribution in [0.25, 0.3) is 0 Å². The van der Waals surface area contributed by atoms with Gasteiger partial charge in [-0.05, 0) is 65.8 Å². The largest absolute Gasteiger partial charge is 0.470 e. The van der Waals surface area contributed by atoms with Crippen LogP contribution >= 0.6 is 0 Å². The van der Waals surface area contributed by atoms with Gasteiger partial charge in [-0.25, -0.2) is 14.8 Å². The first-order valence-electron chi connectivity index (χ1n) is 16.6. The molecule has 0 amide bonds. The maximum Gasteiger partial charge on any atom is 0.441 e. The van der Waals surface area contributed by atoms with Crippen LogP contribution in [0.1, 0.15) is 70.1 Å². The molecule has 0 N–H and O–H groups in total. The third-order valence-electron chi connectivity index (χ3n) is 5.85. The molecule has 8 aromatic heterocycles. The fourth-order valence-corrected chi connectivity index (χ4v) is 3.12. The highest BCUT2D eigenvalue weighted by molar-refractivity contribution is 4.93. The summed E-state index contributed by atoms with van der Waals surface area (Å²) in [5, 5.41) is 32.5. The molecule has 0 unspecified atom stereocenters. The van der Waals surface area contributed by atoms with Crippen LogP contribution in [-0.2, 0) is 21.1 Å². The lowest BCUT2D eigenvalue weighted by molar-refractivity contribution is 0.377. The lowest BCUT2D eigenvalue weighted by atomic mass is 10.5. The van der Waals surface area contributed by atoms with Crippen LogP contribution in [0, 0.1) is 83.1 Å². The zero-order valence-corrected chi connectivity index (χ0v) is 34.4. The predicted molar refractivity (Wildman–Crippen MR) is 196 cm³/mol. The summed E-state index contributed by atoms with van der Waals surface area (Å²) in [7, 11) is 5.20. The minimum atomic E-state index is -0.414. The van der Waals surface area contributed by atoms with Gasteiger partial charge in [0, 0.05) is 48.7 Å². The summed E-state index contributed by atoms with van der Waals surface area (Å²) < 4.78 is 31.2. The van der Waals surface area contributed by atoms with Crippen LogP contribution < -0.4 is 5.76 Å². The molecule has 304 valence electrons. The van der Waals surface area contributed by atoms with Crippen LogP contribution in [0.3, 0.4) is 0 Å². The van der Waals surface area contributed by atoms with Crippen LogP contribution in [-0.4, -0.2) is 80.2 Å². The summed E-state index contributed by atoms with van der Waals surface area (Å²) in [5.74, 6) is 8.28. The van der Waals surface area contributed by atoms with Gasteiger partial charge < -0.3 is 22.3 Å². The molecule has 0 fully saturated rings. The fourth-order valence-electron chi connectivity index (χ4n) is 3.12. The number of nitrogens with zero attached hydrogens (tertiary/aromatic N) is 16. The van der Waals surface area contributed by atoms with Crippen molar-refractivity contribution in [2.24, 2.45) is 21.1 Å². The van der Waals surface area contributed by atoms with Gasteiger partial charge in [0.05, 0.1) is 19.5 Å². The molecule has 0 aliphatic heterocycles. The quantitative estimate of drug-likeness (QED) is 0.208. The number of tetrazole rings is 1. The second-order valence-corrected chi connectivity index (χ2v) is 11.1. The average molecular weight is 783 g/mol. The highest BCUT2D eigenvalue weighted by atomic mass is 16.5. The predicted octanol–water partition coefficient (Wildman–Crippen LogP) is 4.26. The molecule has 23 nitrogen and oxygen atoms in total. The molecule has 8 rings (SSSR count). The number of furan rings is 1. The summed E-state index contributed by atoms with van der Waals surface area (Å²) in [6.07, 6.45) is 4.90. The van der Waals surface area contributed by atoms with Gasteiger partial charge in [-0.1, -0.05) is 15.5 Å². The molecule has 0 saturated carbocycles. The molecule has 0 aliphatic carbocycles. The van der Waals surface area contributed by atoms with Gasteiger partial charge in [-0.2, -0.15) is 19.9 Å². The Bertz CT molecular complexity index is 1910. The minimum Gasteiger partial charge on any atom is -0.470 e. The summed E-state index contributed by atoms with van der Waals surface area (Å²) in [5.41, 5.74) is 0. The Morgan fingerprint density at radius 3 is 1.30 bits per heavy atom. The molecule has 0 atom stereocenters. The Morgan fingerprint density at radius 2 is 1.18 bits per heavy atom. The van der Waals surface area contributed by atoms with Gasteiger partial charge in [0.1, 0.15) is 23.7 Å². The zero-order chi connectivity index (χ0) is 42.2. The number of hydrogen-bond acceptors (Lipinski definition) is 20. The van der Waals surface area contributed by atoms with Crippen LogP contribution in [0.4, 0.5) is 0 Å². The van der Waals surface area contributed by atoms with Crippen molar-refractivity contribution in [2.45, 2.75) is 83.1 Å². The number of oxazole rings is 1. The summed E-state index contributed by atoms with van der Waals surface area (Å²) in [6, 6.07) is 3.79. The van der Waals surface area contributed by atoms with Crippen molar-refractivity contribution < 1.29 is 26.8 Å². The lowest BCUT2D eigenvalue weighted by Crippen LogP contribution is -2.09. The van der Waals surface area contributed by atoms with Crippen molar-refractivity contribution in [1.29, 1.82) is 0 Å². The third kappa shape index (κ3) is 21.6. The number of aromatic nitrogens is 16. The normalized spacial score (nSPS) is 9.41. The van der Waals surface area contributed by atoms with Gasteiger partial charge >= 0.3 is 5.76 Å². The molecular formula is C33H50N16O7. The smallest absolute Gasteiger partial charge is 0.441 e. The Labute approximate surface area is 322 Å². The van der Waals surface area contributed by atoms with Crippen LogP contribution in [0.15, 0.2) is 62.5 Å². The summed E-state index contributed by atoms with van der Waals surface area (Å²) in [4.78, 5) is 27.2. The minimum absolute atomic E-state index is 0.414. The first-order valence-corrected chi connectivity index (χ1v) is 16.6. The molecule has 0 aliphatic rings. The second kappa shape index (κ2) is 25.1. The Morgan fingerprint density at radius 1 is 0.589 bits per heavy atom. The highest BCUT2D eigenvalue weighted by Gasteiger charge is 1.97. The summed E-state index contributed by atoms with van der Waals surface area (Å²) in [6.45, 7) is 21.7. The van der Waals surface area contributed by atoms with Crippen molar-refractivity contribution in [2.75, 3.05) is 0 Å². The fraction of sp³-hybridized carbons (Fsp3) is 0.455. The van der Waals surface area contributed by atoms with E-state index in [0.717, 1.165) is 23.2 Å². The van der Waals surface area contributed by atoms with E-state index < -0.39 is 5.76 Å². The van der Waals surface area contributed by atoms with Gasteiger partial charge in [0.15, 0.2) is 29.2 Å². The van der Waals surface area contributed by atoms with E-state index in [1.165, 1.54) is 15.7 Å². The van der Waals surface area contributed by atoms with E-state index in [2.05, 4.69) is 79.7 Å². The van der Waals surface area contributed by atoms with Crippen molar-refractivity contribution in [3.63, 3.8) is 0 Å².